The monoisotopic (exact) mass is 461 g/mol. The van der Waals surface area contributed by atoms with E-state index in [1.807, 2.05) is 20.8 Å². The van der Waals surface area contributed by atoms with Crippen molar-refractivity contribution in [3.63, 3.8) is 0 Å². The number of ether oxygens (including phenoxy) is 1. The average molecular weight is 461 g/mol. The van der Waals surface area contributed by atoms with Crippen LogP contribution < -0.4 is 10.7 Å². The summed E-state index contributed by atoms with van der Waals surface area (Å²) in [4.78, 5) is 40.8. The summed E-state index contributed by atoms with van der Waals surface area (Å²) in [7, 11) is 0. The van der Waals surface area contributed by atoms with Crippen LogP contribution in [0.4, 0.5) is 8.78 Å². The zero-order valence-corrected chi connectivity index (χ0v) is 18.6. The fourth-order valence-corrected chi connectivity index (χ4v) is 4.56. The highest BCUT2D eigenvalue weighted by Gasteiger charge is 2.48. The molecule has 1 aromatic carbocycles. The van der Waals surface area contributed by atoms with E-state index in [2.05, 4.69) is 5.32 Å². The van der Waals surface area contributed by atoms with E-state index in [1.54, 1.807) is 9.47 Å². The van der Waals surface area contributed by atoms with Crippen LogP contribution in [0.5, 0.6) is 5.75 Å². The minimum atomic E-state index is -0.997. The van der Waals surface area contributed by atoms with Crippen LogP contribution in [0.1, 0.15) is 59.3 Å². The first-order valence-corrected chi connectivity index (χ1v) is 10.7. The third-order valence-electron chi connectivity index (χ3n) is 6.42. The number of hydrogen-bond acceptors (Lipinski definition) is 5. The molecular formula is C23H25F2N3O5. The molecular weight excluding hydrogens is 436 g/mol. The summed E-state index contributed by atoms with van der Waals surface area (Å²) in [6.45, 7) is 5.72. The molecule has 8 nitrogen and oxygen atoms in total. The molecule has 1 atom stereocenters. The maximum atomic E-state index is 14.0. The largest absolute Gasteiger partial charge is 0.503 e. The minimum Gasteiger partial charge on any atom is -0.503 e. The zero-order chi connectivity index (χ0) is 24.1. The summed E-state index contributed by atoms with van der Waals surface area (Å²) in [6, 6.07) is 2.77. The summed E-state index contributed by atoms with van der Waals surface area (Å²) in [5.41, 5.74) is -2.05. The first kappa shape index (κ1) is 22.9. The average Bonchev–Trinajstić information content (AvgIpc) is 2.77. The Balaban J connectivity index is 1.82. The molecule has 0 aliphatic carbocycles. The number of nitrogens with zero attached hydrogens (tertiary/aromatic N) is 2. The number of benzene rings is 1. The van der Waals surface area contributed by atoms with Gasteiger partial charge in [-0.1, -0.05) is 13.0 Å². The molecule has 4 rings (SSSR count). The molecule has 0 spiro atoms. The summed E-state index contributed by atoms with van der Waals surface area (Å²) < 4.78 is 34.5. The van der Waals surface area contributed by atoms with E-state index in [9.17, 15) is 28.3 Å². The quantitative estimate of drug-likeness (QED) is 0.712. The van der Waals surface area contributed by atoms with Crippen molar-refractivity contribution >= 4 is 11.8 Å². The van der Waals surface area contributed by atoms with Crippen LogP contribution in [-0.4, -0.2) is 45.6 Å². The van der Waals surface area contributed by atoms with Gasteiger partial charge in [-0.25, -0.2) is 8.78 Å². The smallest absolute Gasteiger partial charge is 0.274 e. The number of hydrogen-bond donors (Lipinski definition) is 2. The van der Waals surface area contributed by atoms with Crippen LogP contribution in [0.2, 0.25) is 0 Å². The Morgan fingerprint density at radius 2 is 2.03 bits per heavy atom. The van der Waals surface area contributed by atoms with Gasteiger partial charge in [0.15, 0.2) is 11.4 Å². The topological polar surface area (TPSA) is 101 Å². The highest BCUT2D eigenvalue weighted by atomic mass is 19.1. The summed E-state index contributed by atoms with van der Waals surface area (Å²) in [5.74, 6) is -3.73. The van der Waals surface area contributed by atoms with Gasteiger partial charge in [0.1, 0.15) is 17.2 Å². The third-order valence-corrected chi connectivity index (χ3v) is 6.42. The fraction of sp³-hybridized carbons (Fsp3) is 0.435. The Morgan fingerprint density at radius 3 is 2.67 bits per heavy atom. The Morgan fingerprint density at radius 1 is 1.30 bits per heavy atom. The minimum absolute atomic E-state index is 0.0302. The first-order chi connectivity index (χ1) is 15.6. The lowest BCUT2D eigenvalue weighted by atomic mass is 9.88. The maximum absolute atomic E-state index is 14.0. The number of aromatic hydroxyl groups is 1. The van der Waals surface area contributed by atoms with Crippen LogP contribution in [0.15, 0.2) is 23.0 Å². The molecule has 1 aromatic heterocycles. The molecule has 2 aromatic rings. The molecule has 2 amide bonds. The lowest BCUT2D eigenvalue weighted by Gasteiger charge is -2.49. The molecule has 0 saturated heterocycles. The van der Waals surface area contributed by atoms with E-state index in [0.29, 0.717) is 19.0 Å². The van der Waals surface area contributed by atoms with Gasteiger partial charge in [-0.15, -0.1) is 0 Å². The molecule has 1 unspecified atom stereocenters. The van der Waals surface area contributed by atoms with Gasteiger partial charge in [0.2, 0.25) is 5.43 Å². The van der Waals surface area contributed by atoms with Crippen molar-refractivity contribution < 1.29 is 28.2 Å². The number of amides is 2. The molecule has 176 valence electrons. The van der Waals surface area contributed by atoms with Crippen LogP contribution >= 0.6 is 0 Å². The van der Waals surface area contributed by atoms with E-state index in [4.69, 9.17) is 4.74 Å². The standard InChI is InChI=1S/C23H25F2N3O5/c1-4-23-10-27(12(2)3)22(32)18-20(30)19(29)17(16(28(18)23)9-33-11-23)21(31)26-8-13-5-6-14(24)7-15(13)25/h5-7,12,30H,4,8-11H2,1-3H3,(H,26,31). The molecule has 10 heteroatoms. The van der Waals surface area contributed by atoms with Gasteiger partial charge in [-0.05, 0) is 26.3 Å². The SMILES string of the molecule is CCC12COCc3c(C(=O)NCc4ccc(F)cc4F)c(=O)c(O)c(n31)C(=O)N(C(C)C)C2. The number of pyridine rings is 1. The summed E-state index contributed by atoms with van der Waals surface area (Å²) >= 11 is 0. The van der Waals surface area contributed by atoms with E-state index in [0.717, 1.165) is 6.07 Å². The Bertz CT molecular complexity index is 1210. The third kappa shape index (κ3) is 3.58. The van der Waals surface area contributed by atoms with Crippen molar-refractivity contribution in [1.82, 2.24) is 14.8 Å². The predicted molar refractivity (Wildman–Crippen MR) is 114 cm³/mol. The lowest BCUT2D eigenvalue weighted by Crippen LogP contribution is -2.61. The molecule has 0 fully saturated rings. The summed E-state index contributed by atoms with van der Waals surface area (Å²) in [6.07, 6.45) is 0.521. The Labute approximate surface area is 188 Å². The molecule has 2 aliphatic heterocycles. The van der Waals surface area contributed by atoms with Gasteiger partial charge in [0.25, 0.3) is 11.8 Å². The van der Waals surface area contributed by atoms with E-state index >= 15 is 0 Å². The van der Waals surface area contributed by atoms with E-state index in [-0.39, 0.29) is 48.3 Å². The number of carbonyl (C=O) groups is 2. The van der Waals surface area contributed by atoms with Crippen molar-refractivity contribution in [2.75, 3.05) is 13.2 Å². The second-order valence-electron chi connectivity index (χ2n) is 8.70. The number of halogens is 2. The zero-order valence-electron chi connectivity index (χ0n) is 18.6. The van der Waals surface area contributed by atoms with Crippen molar-refractivity contribution in [2.45, 2.75) is 51.9 Å². The van der Waals surface area contributed by atoms with Crippen molar-refractivity contribution in [3.05, 3.63) is 62.6 Å². The number of carbonyl (C=O) groups excluding carboxylic acids is 2. The Kier molecular flexibility index (Phi) is 5.73. The van der Waals surface area contributed by atoms with Crippen molar-refractivity contribution in [3.8, 4) is 5.75 Å². The van der Waals surface area contributed by atoms with Crippen molar-refractivity contribution in [1.29, 1.82) is 0 Å². The van der Waals surface area contributed by atoms with Gasteiger partial charge >= 0.3 is 0 Å². The highest BCUT2D eigenvalue weighted by Crippen LogP contribution is 2.39. The van der Waals surface area contributed by atoms with Gasteiger partial charge in [-0.2, -0.15) is 0 Å². The predicted octanol–water partition coefficient (Wildman–Crippen LogP) is 2.26. The molecule has 0 radical (unpaired) electrons. The molecule has 33 heavy (non-hydrogen) atoms. The normalized spacial score (nSPS) is 19.6. The van der Waals surface area contributed by atoms with Crippen LogP contribution in [0.25, 0.3) is 0 Å². The van der Waals surface area contributed by atoms with E-state index < -0.39 is 40.2 Å². The molecule has 2 aliphatic rings. The fourth-order valence-electron chi connectivity index (χ4n) is 4.56. The van der Waals surface area contributed by atoms with Gasteiger partial charge in [0.05, 0.1) is 24.4 Å². The molecule has 3 heterocycles. The lowest BCUT2D eigenvalue weighted by molar-refractivity contribution is -0.0322. The number of aromatic nitrogens is 1. The number of nitrogens with one attached hydrogen (secondary N) is 1. The second kappa shape index (κ2) is 8.26. The second-order valence-corrected chi connectivity index (χ2v) is 8.70. The van der Waals surface area contributed by atoms with Gasteiger partial charge < -0.3 is 24.6 Å². The summed E-state index contributed by atoms with van der Waals surface area (Å²) in [5, 5.41) is 13.2. The van der Waals surface area contributed by atoms with Crippen LogP contribution in [0, 0.1) is 11.6 Å². The van der Waals surface area contributed by atoms with E-state index in [1.165, 1.54) is 6.07 Å². The number of rotatable bonds is 5. The first-order valence-electron chi connectivity index (χ1n) is 10.7. The van der Waals surface area contributed by atoms with Crippen LogP contribution in [0.3, 0.4) is 0 Å². The van der Waals surface area contributed by atoms with Gasteiger partial charge in [-0.3, -0.25) is 14.4 Å². The molecule has 2 N–H and O–H groups in total. The maximum Gasteiger partial charge on any atom is 0.274 e. The van der Waals surface area contributed by atoms with Crippen LogP contribution in [-0.2, 0) is 23.4 Å². The molecule has 0 bridgehead atoms. The molecule has 0 saturated carbocycles. The highest BCUT2D eigenvalue weighted by molar-refractivity contribution is 6.00. The van der Waals surface area contributed by atoms with Crippen molar-refractivity contribution in [2.24, 2.45) is 0 Å². The van der Waals surface area contributed by atoms with Gasteiger partial charge in [0, 0.05) is 30.8 Å². The Hall–Kier alpha value is -3.27.